The van der Waals surface area contributed by atoms with Crippen molar-refractivity contribution in [3.63, 3.8) is 0 Å². The summed E-state index contributed by atoms with van der Waals surface area (Å²) in [5, 5.41) is 17.6. The number of aliphatic hydroxyl groups excluding tert-OH is 1. The van der Waals surface area contributed by atoms with Gasteiger partial charge in [-0.2, -0.15) is 5.10 Å². The van der Waals surface area contributed by atoms with Crippen LogP contribution >= 0.6 is 0 Å². The van der Waals surface area contributed by atoms with Crippen LogP contribution in [0.4, 0.5) is 0 Å². The lowest BCUT2D eigenvalue weighted by Gasteiger charge is -2.29. The van der Waals surface area contributed by atoms with E-state index < -0.39 is 6.10 Å². The first kappa shape index (κ1) is 19.8. The van der Waals surface area contributed by atoms with Crippen LogP contribution in [0.1, 0.15) is 36.2 Å². The highest BCUT2D eigenvalue weighted by atomic mass is 16.5. The number of hydrogen-bond donors (Lipinski definition) is 2. The largest absolute Gasteiger partial charge is 0.391 e. The van der Waals surface area contributed by atoms with Crippen LogP contribution in [-0.2, 0) is 20.9 Å². The van der Waals surface area contributed by atoms with Crippen molar-refractivity contribution in [2.75, 3.05) is 26.3 Å². The summed E-state index contributed by atoms with van der Waals surface area (Å²) in [5.41, 5.74) is 3.19. The van der Waals surface area contributed by atoms with E-state index in [0.29, 0.717) is 52.1 Å². The molecule has 2 heterocycles. The van der Waals surface area contributed by atoms with Gasteiger partial charge >= 0.3 is 0 Å². The molecular weight excluding hydrogens is 348 g/mol. The minimum Gasteiger partial charge on any atom is -0.391 e. The smallest absolute Gasteiger partial charge is 0.226 e. The Kier molecular flexibility index (Phi) is 6.16. The van der Waals surface area contributed by atoms with Gasteiger partial charge in [-0.1, -0.05) is 0 Å². The standard InChI is InChI=1S/C19H30N4O4/c1-12-13(2)21-23(14(12)3)5-4-18(25)20-16-10-15(11-17(16)24)19(26)22-6-8-27-9-7-22/h15-17,24H,4-11H2,1-3H3,(H,20,25)/t15-,16-,17-/m0/s1. The molecule has 1 aliphatic heterocycles. The molecule has 0 unspecified atom stereocenters. The second kappa shape index (κ2) is 8.39. The number of hydrogen-bond acceptors (Lipinski definition) is 5. The molecule has 0 radical (unpaired) electrons. The average molecular weight is 378 g/mol. The van der Waals surface area contributed by atoms with Gasteiger partial charge in [-0.15, -0.1) is 0 Å². The number of ether oxygens (including phenoxy) is 1. The third-order valence-electron chi connectivity index (χ3n) is 5.84. The zero-order valence-corrected chi connectivity index (χ0v) is 16.4. The van der Waals surface area contributed by atoms with E-state index in [2.05, 4.69) is 10.4 Å². The number of morpholine rings is 1. The fraction of sp³-hybridized carbons (Fsp3) is 0.737. The number of rotatable bonds is 5. The number of aromatic nitrogens is 2. The Hall–Kier alpha value is -1.93. The molecule has 1 saturated heterocycles. The molecule has 1 saturated carbocycles. The zero-order valence-electron chi connectivity index (χ0n) is 16.4. The summed E-state index contributed by atoms with van der Waals surface area (Å²) in [7, 11) is 0. The van der Waals surface area contributed by atoms with Crippen LogP contribution in [0.15, 0.2) is 0 Å². The van der Waals surface area contributed by atoms with E-state index in [9.17, 15) is 14.7 Å². The summed E-state index contributed by atoms with van der Waals surface area (Å²) >= 11 is 0. The van der Waals surface area contributed by atoms with Crippen molar-refractivity contribution in [2.24, 2.45) is 5.92 Å². The molecule has 3 atom stereocenters. The van der Waals surface area contributed by atoms with Crippen molar-refractivity contribution < 1.29 is 19.4 Å². The summed E-state index contributed by atoms with van der Waals surface area (Å²) in [4.78, 5) is 26.7. The number of nitrogens with zero attached hydrogens (tertiary/aromatic N) is 3. The predicted octanol–water partition coefficient (Wildman–Crippen LogP) is 0.313. The summed E-state index contributed by atoms with van der Waals surface area (Å²) in [6, 6.07) is -0.366. The molecule has 2 fully saturated rings. The van der Waals surface area contributed by atoms with Gasteiger partial charge in [-0.25, -0.2) is 0 Å². The maximum Gasteiger partial charge on any atom is 0.226 e. The molecule has 1 aromatic heterocycles. The van der Waals surface area contributed by atoms with Crippen molar-refractivity contribution in [3.05, 3.63) is 17.0 Å². The average Bonchev–Trinajstić information content (AvgIpc) is 3.14. The first-order valence-corrected chi connectivity index (χ1v) is 9.71. The highest BCUT2D eigenvalue weighted by Crippen LogP contribution is 2.28. The van der Waals surface area contributed by atoms with Gasteiger partial charge in [0.05, 0.1) is 31.1 Å². The molecule has 2 N–H and O–H groups in total. The van der Waals surface area contributed by atoms with Crippen LogP contribution in [0.2, 0.25) is 0 Å². The fourth-order valence-electron chi connectivity index (χ4n) is 3.90. The van der Waals surface area contributed by atoms with E-state index in [0.717, 1.165) is 17.0 Å². The van der Waals surface area contributed by atoms with Gasteiger partial charge in [0.1, 0.15) is 0 Å². The number of carbonyl (C=O) groups excluding carboxylic acids is 2. The Morgan fingerprint density at radius 3 is 2.56 bits per heavy atom. The summed E-state index contributed by atoms with van der Waals surface area (Å²) in [6.07, 6.45) is 0.506. The third kappa shape index (κ3) is 4.50. The first-order valence-electron chi connectivity index (χ1n) is 9.71. The number of carbonyl (C=O) groups is 2. The summed E-state index contributed by atoms with van der Waals surface area (Å²) < 4.78 is 7.13. The normalized spacial score (nSPS) is 25.6. The lowest BCUT2D eigenvalue weighted by molar-refractivity contribution is -0.139. The minimum atomic E-state index is -0.681. The molecule has 2 amide bonds. The number of amides is 2. The fourth-order valence-corrected chi connectivity index (χ4v) is 3.90. The van der Waals surface area contributed by atoms with E-state index in [4.69, 9.17) is 4.74 Å². The second-order valence-corrected chi connectivity index (χ2v) is 7.62. The molecule has 3 rings (SSSR count). The first-order chi connectivity index (χ1) is 12.9. The lowest BCUT2D eigenvalue weighted by Crippen LogP contribution is -2.43. The summed E-state index contributed by atoms with van der Waals surface area (Å²) in [5.74, 6) is -0.294. The highest BCUT2D eigenvalue weighted by molar-refractivity contribution is 5.80. The van der Waals surface area contributed by atoms with Gasteiger partial charge < -0.3 is 20.1 Å². The van der Waals surface area contributed by atoms with Gasteiger partial charge in [0, 0.05) is 37.7 Å². The van der Waals surface area contributed by atoms with Crippen molar-refractivity contribution in [1.29, 1.82) is 0 Å². The number of nitrogens with one attached hydrogen (secondary N) is 1. The molecule has 150 valence electrons. The van der Waals surface area contributed by atoms with Crippen molar-refractivity contribution in [2.45, 2.75) is 58.7 Å². The Balaban J connectivity index is 1.49. The Labute approximate surface area is 159 Å². The molecule has 8 nitrogen and oxygen atoms in total. The maximum absolute atomic E-state index is 12.6. The SMILES string of the molecule is Cc1nn(CCC(=O)N[C@H]2C[C@H](C(=O)N3CCOCC3)C[C@@H]2O)c(C)c1C. The molecule has 1 aliphatic carbocycles. The van der Waals surface area contributed by atoms with Crippen molar-refractivity contribution in [1.82, 2.24) is 20.0 Å². The van der Waals surface area contributed by atoms with Crippen LogP contribution in [0.3, 0.4) is 0 Å². The molecule has 27 heavy (non-hydrogen) atoms. The van der Waals surface area contributed by atoms with E-state index >= 15 is 0 Å². The van der Waals surface area contributed by atoms with Crippen LogP contribution in [0.5, 0.6) is 0 Å². The molecule has 0 spiro atoms. The van der Waals surface area contributed by atoms with Gasteiger partial charge in [0.25, 0.3) is 0 Å². The monoisotopic (exact) mass is 378 g/mol. The predicted molar refractivity (Wildman–Crippen MR) is 99.1 cm³/mol. The van der Waals surface area contributed by atoms with E-state index in [-0.39, 0.29) is 23.8 Å². The summed E-state index contributed by atoms with van der Waals surface area (Å²) in [6.45, 7) is 8.81. The molecule has 2 aliphatic rings. The molecular formula is C19H30N4O4. The van der Waals surface area contributed by atoms with E-state index in [1.807, 2.05) is 25.5 Å². The Bertz CT molecular complexity index is 696. The van der Waals surface area contributed by atoms with Gasteiger partial charge in [-0.3, -0.25) is 14.3 Å². The zero-order chi connectivity index (χ0) is 19.6. The van der Waals surface area contributed by atoms with Gasteiger partial charge in [0.15, 0.2) is 0 Å². The lowest BCUT2D eigenvalue weighted by atomic mass is 10.1. The molecule has 0 aromatic carbocycles. The number of aryl methyl sites for hydroxylation is 2. The molecule has 0 bridgehead atoms. The van der Waals surface area contributed by atoms with E-state index in [1.165, 1.54) is 0 Å². The van der Waals surface area contributed by atoms with Crippen LogP contribution in [-0.4, -0.2) is 70.1 Å². The minimum absolute atomic E-state index is 0.0622. The molecule has 8 heteroatoms. The second-order valence-electron chi connectivity index (χ2n) is 7.62. The van der Waals surface area contributed by atoms with Gasteiger partial charge in [-0.05, 0) is 39.2 Å². The Morgan fingerprint density at radius 2 is 1.93 bits per heavy atom. The van der Waals surface area contributed by atoms with Crippen molar-refractivity contribution in [3.8, 4) is 0 Å². The van der Waals surface area contributed by atoms with Crippen LogP contribution < -0.4 is 5.32 Å². The Morgan fingerprint density at radius 1 is 1.22 bits per heavy atom. The van der Waals surface area contributed by atoms with Crippen molar-refractivity contribution >= 4 is 11.8 Å². The molecule has 1 aromatic rings. The number of aliphatic hydroxyl groups is 1. The topological polar surface area (TPSA) is 96.7 Å². The quantitative estimate of drug-likeness (QED) is 0.769. The highest BCUT2D eigenvalue weighted by Gasteiger charge is 2.39. The van der Waals surface area contributed by atoms with E-state index in [1.54, 1.807) is 4.90 Å². The van der Waals surface area contributed by atoms with Crippen LogP contribution in [0, 0.1) is 26.7 Å². The van der Waals surface area contributed by atoms with Gasteiger partial charge in [0.2, 0.25) is 11.8 Å². The van der Waals surface area contributed by atoms with Crippen LogP contribution in [0.25, 0.3) is 0 Å². The third-order valence-corrected chi connectivity index (χ3v) is 5.84. The maximum atomic E-state index is 12.6.